The number of rotatable bonds is 5. The highest BCUT2D eigenvalue weighted by Crippen LogP contribution is 2.21. The third-order valence-corrected chi connectivity index (χ3v) is 6.14. The van der Waals surface area contributed by atoms with E-state index in [-0.39, 0.29) is 22.9 Å². The standard InChI is InChI=1S/C20H24N2O3S/c1-14(2)22-26(24,25)19-9-5-8-17(13-19)20(23)21-18-11-10-15-6-3-4-7-16(15)12-18/h3-9,13-14,18,22H,10-12H2,1-2H3,(H,21,23). The zero-order valence-electron chi connectivity index (χ0n) is 15.0. The van der Waals surface area contributed by atoms with Gasteiger partial charge in [-0.05, 0) is 62.4 Å². The van der Waals surface area contributed by atoms with Crippen molar-refractivity contribution in [2.45, 2.75) is 50.1 Å². The van der Waals surface area contributed by atoms with Crippen LogP contribution in [-0.2, 0) is 22.9 Å². The van der Waals surface area contributed by atoms with Crippen molar-refractivity contribution < 1.29 is 13.2 Å². The number of benzene rings is 2. The fourth-order valence-corrected chi connectivity index (χ4v) is 4.57. The Hall–Kier alpha value is -2.18. The van der Waals surface area contributed by atoms with Gasteiger partial charge in [0.1, 0.15) is 0 Å². The summed E-state index contributed by atoms with van der Waals surface area (Å²) in [6, 6.07) is 14.3. The summed E-state index contributed by atoms with van der Waals surface area (Å²) in [4.78, 5) is 12.7. The monoisotopic (exact) mass is 372 g/mol. The third kappa shape index (κ3) is 4.31. The Morgan fingerprint density at radius 3 is 2.54 bits per heavy atom. The lowest BCUT2D eigenvalue weighted by atomic mass is 9.88. The molecule has 0 aromatic heterocycles. The first kappa shape index (κ1) is 18.6. The van der Waals surface area contributed by atoms with Gasteiger partial charge >= 0.3 is 0 Å². The van der Waals surface area contributed by atoms with Crippen LogP contribution in [0.15, 0.2) is 53.4 Å². The van der Waals surface area contributed by atoms with Gasteiger partial charge in [0.2, 0.25) is 10.0 Å². The quantitative estimate of drug-likeness (QED) is 0.847. The second kappa shape index (κ2) is 7.60. The molecule has 2 aromatic rings. The van der Waals surface area contributed by atoms with Crippen molar-refractivity contribution >= 4 is 15.9 Å². The van der Waals surface area contributed by atoms with Gasteiger partial charge in [0.15, 0.2) is 0 Å². The van der Waals surface area contributed by atoms with E-state index in [4.69, 9.17) is 0 Å². The molecule has 0 aliphatic heterocycles. The molecule has 2 N–H and O–H groups in total. The second-order valence-electron chi connectivity index (χ2n) is 6.99. The van der Waals surface area contributed by atoms with Gasteiger partial charge in [-0.15, -0.1) is 0 Å². The number of hydrogen-bond acceptors (Lipinski definition) is 3. The van der Waals surface area contributed by atoms with Crippen molar-refractivity contribution in [2.75, 3.05) is 0 Å². The van der Waals surface area contributed by atoms with Crippen molar-refractivity contribution in [3.63, 3.8) is 0 Å². The molecular weight excluding hydrogens is 348 g/mol. The number of fused-ring (bicyclic) bond motifs is 1. The molecule has 0 heterocycles. The van der Waals surface area contributed by atoms with E-state index >= 15 is 0 Å². The average molecular weight is 372 g/mol. The van der Waals surface area contributed by atoms with Crippen LogP contribution in [0.4, 0.5) is 0 Å². The molecule has 0 radical (unpaired) electrons. The highest BCUT2D eigenvalue weighted by atomic mass is 32.2. The van der Waals surface area contributed by atoms with Gasteiger partial charge in [-0.25, -0.2) is 13.1 Å². The number of amides is 1. The molecule has 0 saturated heterocycles. The van der Waals surface area contributed by atoms with Gasteiger partial charge in [0, 0.05) is 17.6 Å². The number of nitrogens with one attached hydrogen (secondary N) is 2. The summed E-state index contributed by atoms with van der Waals surface area (Å²) in [5.41, 5.74) is 2.96. The van der Waals surface area contributed by atoms with Gasteiger partial charge in [0.05, 0.1) is 4.90 Å². The van der Waals surface area contributed by atoms with E-state index in [2.05, 4.69) is 22.2 Å². The topological polar surface area (TPSA) is 75.3 Å². The van der Waals surface area contributed by atoms with Crippen molar-refractivity contribution in [3.05, 3.63) is 65.2 Å². The van der Waals surface area contributed by atoms with E-state index in [1.54, 1.807) is 26.0 Å². The lowest BCUT2D eigenvalue weighted by molar-refractivity contribution is 0.0933. The average Bonchev–Trinajstić information content (AvgIpc) is 2.60. The molecule has 3 rings (SSSR count). The molecule has 5 nitrogen and oxygen atoms in total. The molecule has 2 aromatic carbocycles. The van der Waals surface area contributed by atoms with Crippen LogP contribution in [0.3, 0.4) is 0 Å². The maximum atomic E-state index is 12.6. The smallest absolute Gasteiger partial charge is 0.251 e. The Morgan fingerprint density at radius 2 is 1.81 bits per heavy atom. The van der Waals surface area contributed by atoms with Crippen LogP contribution < -0.4 is 10.0 Å². The van der Waals surface area contributed by atoms with Crippen LogP contribution in [0.25, 0.3) is 0 Å². The Morgan fingerprint density at radius 1 is 1.08 bits per heavy atom. The Labute approximate surface area is 154 Å². The number of sulfonamides is 1. The summed E-state index contributed by atoms with van der Waals surface area (Å²) in [5.74, 6) is -0.240. The summed E-state index contributed by atoms with van der Waals surface area (Å²) >= 11 is 0. The van der Waals surface area contributed by atoms with E-state index in [0.29, 0.717) is 5.56 Å². The first-order valence-corrected chi connectivity index (χ1v) is 10.3. The van der Waals surface area contributed by atoms with Crippen molar-refractivity contribution in [1.29, 1.82) is 0 Å². The zero-order valence-corrected chi connectivity index (χ0v) is 15.8. The molecule has 0 saturated carbocycles. The number of hydrogen-bond donors (Lipinski definition) is 2. The van der Waals surface area contributed by atoms with E-state index in [0.717, 1.165) is 19.3 Å². The SMILES string of the molecule is CC(C)NS(=O)(=O)c1cccc(C(=O)NC2CCc3ccccc3C2)c1. The summed E-state index contributed by atoms with van der Waals surface area (Å²) in [6.45, 7) is 3.52. The molecular formula is C20H24N2O3S. The van der Waals surface area contributed by atoms with Crippen LogP contribution >= 0.6 is 0 Å². The first-order valence-electron chi connectivity index (χ1n) is 8.85. The fraction of sp³-hybridized carbons (Fsp3) is 0.350. The maximum Gasteiger partial charge on any atom is 0.251 e. The van der Waals surface area contributed by atoms with Gasteiger partial charge in [-0.3, -0.25) is 4.79 Å². The van der Waals surface area contributed by atoms with Crippen LogP contribution in [0.5, 0.6) is 0 Å². The highest BCUT2D eigenvalue weighted by molar-refractivity contribution is 7.89. The molecule has 1 amide bonds. The zero-order chi connectivity index (χ0) is 18.7. The van der Waals surface area contributed by atoms with Gasteiger partial charge in [-0.1, -0.05) is 30.3 Å². The summed E-state index contributed by atoms with van der Waals surface area (Å²) in [5, 5.41) is 3.04. The minimum atomic E-state index is -3.62. The molecule has 1 aliphatic carbocycles. The van der Waals surface area contributed by atoms with E-state index in [1.165, 1.54) is 23.3 Å². The molecule has 0 bridgehead atoms. The molecule has 0 fully saturated rings. The summed E-state index contributed by atoms with van der Waals surface area (Å²) in [7, 11) is -3.62. The van der Waals surface area contributed by atoms with Crippen LogP contribution in [0.2, 0.25) is 0 Å². The molecule has 0 spiro atoms. The van der Waals surface area contributed by atoms with Crippen LogP contribution in [-0.4, -0.2) is 26.4 Å². The van der Waals surface area contributed by atoms with Gasteiger partial charge in [0.25, 0.3) is 5.91 Å². The van der Waals surface area contributed by atoms with Crippen molar-refractivity contribution in [2.24, 2.45) is 0 Å². The largest absolute Gasteiger partial charge is 0.349 e. The second-order valence-corrected chi connectivity index (χ2v) is 8.70. The normalized spacial score (nSPS) is 17.0. The molecule has 138 valence electrons. The fourth-order valence-electron chi connectivity index (χ4n) is 3.27. The maximum absolute atomic E-state index is 12.6. The van der Waals surface area contributed by atoms with Crippen LogP contribution in [0.1, 0.15) is 41.8 Å². The first-order chi connectivity index (χ1) is 12.3. The minimum Gasteiger partial charge on any atom is -0.349 e. The molecule has 1 unspecified atom stereocenters. The molecule has 1 atom stereocenters. The Balaban J connectivity index is 1.72. The molecule has 6 heteroatoms. The predicted molar refractivity (Wildman–Crippen MR) is 102 cm³/mol. The highest BCUT2D eigenvalue weighted by Gasteiger charge is 2.22. The molecule has 26 heavy (non-hydrogen) atoms. The van der Waals surface area contributed by atoms with Gasteiger partial charge in [-0.2, -0.15) is 0 Å². The lowest BCUT2D eigenvalue weighted by Crippen LogP contribution is -2.39. The minimum absolute atomic E-state index is 0.0615. The molecule has 1 aliphatic rings. The van der Waals surface area contributed by atoms with E-state index in [9.17, 15) is 13.2 Å². The van der Waals surface area contributed by atoms with Crippen molar-refractivity contribution in [1.82, 2.24) is 10.0 Å². The Kier molecular flexibility index (Phi) is 5.44. The predicted octanol–water partition coefficient (Wildman–Crippen LogP) is 2.66. The number of carbonyl (C=O) groups is 1. The third-order valence-electron chi connectivity index (χ3n) is 4.48. The summed E-state index contributed by atoms with van der Waals surface area (Å²) in [6.07, 6.45) is 2.62. The van der Waals surface area contributed by atoms with Crippen LogP contribution in [0, 0.1) is 0 Å². The number of aryl methyl sites for hydroxylation is 1. The Bertz CT molecular complexity index is 907. The van der Waals surface area contributed by atoms with Gasteiger partial charge < -0.3 is 5.32 Å². The van der Waals surface area contributed by atoms with Crippen molar-refractivity contribution in [3.8, 4) is 0 Å². The van der Waals surface area contributed by atoms with E-state index < -0.39 is 10.0 Å². The van der Waals surface area contributed by atoms with E-state index in [1.807, 2.05) is 12.1 Å². The number of carbonyl (C=O) groups excluding carboxylic acids is 1. The summed E-state index contributed by atoms with van der Waals surface area (Å²) < 4.78 is 27.1. The lowest BCUT2D eigenvalue weighted by Gasteiger charge is -2.25.